The normalized spacial score (nSPS) is 15.8. The Morgan fingerprint density at radius 1 is 0.688 bits per heavy atom. The van der Waals surface area contributed by atoms with Gasteiger partial charge in [0.05, 0.1) is 9.79 Å². The summed E-state index contributed by atoms with van der Waals surface area (Å²) >= 11 is 2.41. The summed E-state index contributed by atoms with van der Waals surface area (Å²) in [6.07, 6.45) is -1.83. The van der Waals surface area contributed by atoms with Crippen LogP contribution in [0.3, 0.4) is 0 Å². The van der Waals surface area contributed by atoms with Crippen LogP contribution in [0.2, 0.25) is 0 Å². The summed E-state index contributed by atoms with van der Waals surface area (Å²) in [5.41, 5.74) is 1.71. The largest absolute Gasteiger partial charge is 0.471 e. The zero-order chi connectivity index (χ0) is 34.4. The molecule has 13 nitrogen and oxygen atoms in total. The summed E-state index contributed by atoms with van der Waals surface area (Å²) < 4.78 is 91.3. The highest BCUT2D eigenvalue weighted by Gasteiger charge is 2.43. The number of anilines is 4. The smallest absolute Gasteiger partial charge is 0.369 e. The molecular weight excluding hydrogens is 714 g/mol. The lowest BCUT2D eigenvalue weighted by Gasteiger charge is -2.36. The number of carbonyl (C=O) groups is 1. The second-order valence-corrected chi connectivity index (χ2v) is 15.5. The molecule has 20 heteroatoms. The monoisotopic (exact) mass is 744 g/mol. The molecule has 2 aliphatic heterocycles. The van der Waals surface area contributed by atoms with Gasteiger partial charge in [-0.05, 0) is 48.5 Å². The van der Waals surface area contributed by atoms with Gasteiger partial charge in [-0.25, -0.2) is 26.8 Å². The van der Waals surface area contributed by atoms with Crippen molar-refractivity contribution in [1.82, 2.24) is 20.2 Å². The molecule has 0 atom stereocenters. The molecule has 3 N–H and O–H groups in total. The van der Waals surface area contributed by atoms with Crippen LogP contribution < -0.4 is 24.6 Å². The van der Waals surface area contributed by atoms with Gasteiger partial charge in [0.15, 0.2) is 10.3 Å². The minimum atomic E-state index is -4.87. The number of hydrogen-bond acceptors (Lipinski definition) is 12. The summed E-state index contributed by atoms with van der Waals surface area (Å²) in [6.45, 7) is 4.12. The molecule has 0 bridgehead atoms. The predicted octanol–water partition coefficient (Wildman–Crippen LogP) is 3.51. The van der Waals surface area contributed by atoms with E-state index < -0.39 is 32.1 Å². The molecule has 2 aromatic heterocycles. The third kappa shape index (κ3) is 9.13. The van der Waals surface area contributed by atoms with E-state index >= 15 is 0 Å². The third-order valence-electron chi connectivity index (χ3n) is 7.26. The summed E-state index contributed by atoms with van der Waals surface area (Å²) in [5, 5.41) is 7.29. The number of alkyl halides is 3. The molecule has 48 heavy (non-hydrogen) atoms. The lowest BCUT2D eigenvalue weighted by molar-refractivity contribution is -0.185. The molecule has 2 aromatic carbocycles. The van der Waals surface area contributed by atoms with Gasteiger partial charge in [-0.15, -0.1) is 22.7 Å². The van der Waals surface area contributed by atoms with E-state index in [1.54, 1.807) is 46.1 Å². The minimum absolute atomic E-state index is 0.0485. The lowest BCUT2D eigenvalue weighted by atomic mass is 10.2. The average Bonchev–Trinajstić information content (AvgIpc) is 3.79. The van der Waals surface area contributed by atoms with Crippen molar-refractivity contribution in [3.63, 3.8) is 0 Å². The number of thiazole rings is 2. The number of nitrogens with one attached hydrogen (secondary N) is 3. The number of sulfonamides is 2. The van der Waals surface area contributed by atoms with Gasteiger partial charge >= 0.3 is 12.1 Å². The Bertz CT molecular complexity index is 1850. The number of benzene rings is 2. The highest BCUT2D eigenvalue weighted by atomic mass is 32.2. The fourth-order valence-corrected chi connectivity index (χ4v) is 8.42. The second-order valence-electron chi connectivity index (χ2n) is 10.4. The van der Waals surface area contributed by atoms with Crippen LogP contribution in [0, 0.1) is 0 Å². The van der Waals surface area contributed by atoms with Crippen molar-refractivity contribution >= 4 is 70.3 Å². The molecular formula is C28H31F3N8O5S4. The number of amides is 1. The van der Waals surface area contributed by atoms with Gasteiger partial charge in [0.25, 0.3) is 20.0 Å². The highest BCUT2D eigenvalue weighted by Crippen LogP contribution is 2.25. The maximum Gasteiger partial charge on any atom is 0.471 e. The molecule has 0 spiro atoms. The van der Waals surface area contributed by atoms with E-state index in [2.05, 4.69) is 29.6 Å². The minimum Gasteiger partial charge on any atom is -0.369 e. The summed E-state index contributed by atoms with van der Waals surface area (Å²) in [4.78, 5) is 24.1. The van der Waals surface area contributed by atoms with Gasteiger partial charge in [0.1, 0.15) is 0 Å². The third-order valence-corrected chi connectivity index (χ3v) is 11.6. The Morgan fingerprint density at radius 2 is 1.10 bits per heavy atom. The molecule has 2 aliphatic rings. The maximum absolute atomic E-state index is 12.5. The van der Waals surface area contributed by atoms with Crippen molar-refractivity contribution < 1.29 is 34.8 Å². The van der Waals surface area contributed by atoms with Crippen molar-refractivity contribution in [2.45, 2.75) is 16.0 Å². The molecule has 0 aliphatic carbocycles. The number of hydrogen-bond donors (Lipinski definition) is 3. The molecule has 2 saturated heterocycles. The first-order valence-electron chi connectivity index (χ1n) is 14.4. The van der Waals surface area contributed by atoms with Crippen molar-refractivity contribution in [1.29, 1.82) is 0 Å². The summed E-state index contributed by atoms with van der Waals surface area (Å²) in [5.74, 6) is -1.84. The maximum atomic E-state index is 12.5. The van der Waals surface area contributed by atoms with Crippen LogP contribution in [-0.2, 0) is 24.8 Å². The first kappa shape index (κ1) is 35.3. The number of aromatic nitrogens is 2. The van der Waals surface area contributed by atoms with E-state index in [4.69, 9.17) is 0 Å². The van der Waals surface area contributed by atoms with E-state index in [1.807, 2.05) is 12.1 Å². The highest BCUT2D eigenvalue weighted by molar-refractivity contribution is 7.93. The topological polar surface area (TPSA) is 157 Å². The summed E-state index contributed by atoms with van der Waals surface area (Å²) in [7, 11) is -7.33. The van der Waals surface area contributed by atoms with E-state index in [-0.39, 0.29) is 41.1 Å². The quantitative estimate of drug-likeness (QED) is 0.244. The van der Waals surface area contributed by atoms with Gasteiger partial charge in [0, 0.05) is 86.9 Å². The predicted molar refractivity (Wildman–Crippen MR) is 179 cm³/mol. The van der Waals surface area contributed by atoms with Crippen LogP contribution in [0.25, 0.3) is 0 Å². The zero-order valence-electron chi connectivity index (χ0n) is 25.1. The van der Waals surface area contributed by atoms with Gasteiger partial charge in [0.2, 0.25) is 0 Å². The fourth-order valence-electron chi connectivity index (χ4n) is 4.84. The molecule has 2 fully saturated rings. The van der Waals surface area contributed by atoms with Crippen LogP contribution >= 0.6 is 22.7 Å². The summed E-state index contributed by atoms with van der Waals surface area (Å²) in [6, 6.07) is 13.0. The average molecular weight is 745 g/mol. The van der Waals surface area contributed by atoms with Crippen molar-refractivity contribution in [2.24, 2.45) is 0 Å². The molecule has 4 heterocycles. The second kappa shape index (κ2) is 15.1. The van der Waals surface area contributed by atoms with Crippen molar-refractivity contribution in [2.75, 3.05) is 71.6 Å². The molecule has 0 radical (unpaired) electrons. The first-order chi connectivity index (χ1) is 22.8. The molecule has 6 rings (SSSR count). The number of nitrogens with zero attached hydrogens (tertiary/aromatic N) is 5. The molecule has 0 saturated carbocycles. The van der Waals surface area contributed by atoms with Gasteiger partial charge in [-0.1, -0.05) is 0 Å². The van der Waals surface area contributed by atoms with E-state index in [0.717, 1.165) is 48.1 Å². The van der Waals surface area contributed by atoms with Crippen LogP contribution in [0.15, 0.2) is 81.5 Å². The Balaban J connectivity index is 0.000000194. The standard InChI is InChI=1S/C15H15F3N4O3S2.C13H16N4O2S2/c16-15(17,18)13(23)22-8-6-21(7-9-22)11-1-3-12(4-2-11)27(24,25)20-14-19-5-10-26-14;18-21(19,16-13-15-7-10-20-13)12-3-1-11(2-4-12)17-8-5-14-6-9-17/h1-5,10H,6-9H2,(H,19,20);1-4,7,10,14H,5-6,8-9H2,(H,15,16). The number of rotatable bonds is 8. The number of carbonyl (C=O) groups excluding carboxylic acids is 1. The van der Waals surface area contributed by atoms with Crippen LogP contribution in [0.1, 0.15) is 0 Å². The van der Waals surface area contributed by atoms with Crippen molar-refractivity contribution in [3.8, 4) is 0 Å². The van der Waals surface area contributed by atoms with Crippen LogP contribution in [0.5, 0.6) is 0 Å². The molecule has 258 valence electrons. The van der Waals surface area contributed by atoms with Gasteiger partial charge in [-0.2, -0.15) is 13.2 Å². The Kier molecular flexibility index (Phi) is 11.1. The number of piperazine rings is 2. The first-order valence-corrected chi connectivity index (χ1v) is 19.2. The molecule has 0 unspecified atom stereocenters. The fraction of sp³-hybridized carbons (Fsp3) is 0.321. The Morgan fingerprint density at radius 3 is 1.48 bits per heavy atom. The molecule has 4 aromatic rings. The van der Waals surface area contributed by atoms with Gasteiger partial charge < -0.3 is 20.0 Å². The van der Waals surface area contributed by atoms with Crippen LogP contribution in [0.4, 0.5) is 34.8 Å². The van der Waals surface area contributed by atoms with Gasteiger partial charge in [-0.3, -0.25) is 14.2 Å². The Hall–Kier alpha value is -3.98. The van der Waals surface area contributed by atoms with Crippen molar-refractivity contribution in [3.05, 3.63) is 71.7 Å². The SMILES string of the molecule is O=C(N1CCN(c2ccc(S(=O)(=O)Nc3nccs3)cc2)CC1)C(F)(F)F.O=S(=O)(Nc1nccs1)c1ccc(N2CCNCC2)cc1. The Labute approximate surface area is 283 Å². The molecule has 1 amide bonds. The van der Waals surface area contributed by atoms with E-state index in [1.165, 1.54) is 29.7 Å². The number of halogens is 3. The zero-order valence-corrected chi connectivity index (χ0v) is 28.4. The van der Waals surface area contributed by atoms with E-state index in [9.17, 15) is 34.8 Å². The lowest BCUT2D eigenvalue weighted by Crippen LogP contribution is -2.52. The van der Waals surface area contributed by atoms with E-state index in [0.29, 0.717) is 10.8 Å². The van der Waals surface area contributed by atoms with Crippen LogP contribution in [-0.4, -0.2) is 96.1 Å².